The van der Waals surface area contributed by atoms with Gasteiger partial charge in [-0.05, 0) is 18.9 Å². The fourth-order valence-corrected chi connectivity index (χ4v) is 4.38. The van der Waals surface area contributed by atoms with Crippen LogP contribution in [0.25, 0.3) is 0 Å². The van der Waals surface area contributed by atoms with Crippen molar-refractivity contribution >= 4 is 34.2 Å². The molecule has 1 aromatic rings. The third-order valence-corrected chi connectivity index (χ3v) is 5.90. The van der Waals surface area contributed by atoms with Crippen LogP contribution in [-0.2, 0) is 21.9 Å². The molecule has 1 fully saturated rings. The van der Waals surface area contributed by atoms with Crippen molar-refractivity contribution < 1.29 is 18.0 Å². The van der Waals surface area contributed by atoms with Crippen LogP contribution in [-0.4, -0.2) is 55.3 Å². The van der Waals surface area contributed by atoms with E-state index in [-0.39, 0.29) is 35.4 Å². The number of hydrogen-bond donors (Lipinski definition) is 3. The van der Waals surface area contributed by atoms with Gasteiger partial charge >= 0.3 is 0 Å². The minimum atomic E-state index is -3.78. The summed E-state index contributed by atoms with van der Waals surface area (Å²) in [5, 5.41) is 2.69. The number of aromatic nitrogens is 1. The third kappa shape index (κ3) is 4.72. The van der Waals surface area contributed by atoms with E-state index in [1.807, 2.05) is 0 Å². The van der Waals surface area contributed by atoms with Crippen LogP contribution in [0.3, 0.4) is 0 Å². The number of carbonyl (C=O) groups is 2. The number of aryl methyl sites for hydroxylation is 1. The number of primary amides is 1. The lowest BCUT2D eigenvalue weighted by Crippen LogP contribution is -2.46. The van der Waals surface area contributed by atoms with E-state index >= 15 is 0 Å². The Morgan fingerprint density at radius 3 is 2.64 bits per heavy atom. The van der Waals surface area contributed by atoms with E-state index in [2.05, 4.69) is 5.32 Å². The second kappa shape index (κ2) is 8.65. The molecule has 2 amide bonds. The Morgan fingerprint density at radius 1 is 1.40 bits per heavy atom. The fourth-order valence-electron chi connectivity index (χ4n) is 2.78. The topological polar surface area (TPSA) is 141 Å². The summed E-state index contributed by atoms with van der Waals surface area (Å²) in [7, 11) is -2.23. The van der Waals surface area contributed by atoms with Crippen LogP contribution in [0.5, 0.6) is 0 Å². The molecule has 142 valence electrons. The predicted octanol–water partition coefficient (Wildman–Crippen LogP) is -0.979. The minimum absolute atomic E-state index is 0. The highest BCUT2D eigenvalue weighted by atomic mass is 35.5. The van der Waals surface area contributed by atoms with E-state index in [0.29, 0.717) is 32.5 Å². The number of hydrogen-bond acceptors (Lipinski definition) is 5. The number of nitrogens with one attached hydrogen (secondary N) is 1. The van der Waals surface area contributed by atoms with Crippen molar-refractivity contribution in [3.05, 3.63) is 18.0 Å². The van der Waals surface area contributed by atoms with Crippen molar-refractivity contribution in [2.75, 3.05) is 26.2 Å². The second-order valence-electron chi connectivity index (χ2n) is 5.82. The molecule has 0 saturated carbocycles. The summed E-state index contributed by atoms with van der Waals surface area (Å²) < 4.78 is 28.2. The summed E-state index contributed by atoms with van der Waals surface area (Å²) in [6.45, 7) is 1.15. The summed E-state index contributed by atoms with van der Waals surface area (Å²) in [6, 6.07) is 1.26. The Bertz CT molecular complexity index is 734. The van der Waals surface area contributed by atoms with Crippen LogP contribution in [0.2, 0.25) is 0 Å². The average Bonchev–Trinajstić information content (AvgIpc) is 2.95. The maximum Gasteiger partial charge on any atom is 0.265 e. The van der Waals surface area contributed by atoms with E-state index < -0.39 is 21.8 Å². The molecule has 25 heavy (non-hydrogen) atoms. The van der Waals surface area contributed by atoms with Gasteiger partial charge in [0.2, 0.25) is 15.9 Å². The molecule has 1 atom stereocenters. The normalized spacial score (nSPS) is 18.4. The van der Waals surface area contributed by atoms with Crippen LogP contribution >= 0.6 is 12.4 Å². The van der Waals surface area contributed by atoms with Crippen molar-refractivity contribution in [1.29, 1.82) is 0 Å². The standard InChI is InChI=1S/C14H23N5O4S.ClH/c1-18-9-11(7-12(18)13(16)20)24(22,23)19-6-2-3-10(8-19)14(21)17-5-4-15;/h7,9-10H,2-6,8,15H2,1H3,(H2,16,20)(H,17,21);1H. The molecular weight excluding hydrogens is 370 g/mol. The number of carbonyl (C=O) groups excluding carboxylic acids is 2. The molecular formula is C14H24ClN5O4S. The quantitative estimate of drug-likeness (QED) is 0.569. The van der Waals surface area contributed by atoms with E-state index in [1.165, 1.54) is 21.1 Å². The largest absolute Gasteiger partial charge is 0.364 e. The molecule has 0 radical (unpaired) electrons. The highest BCUT2D eigenvalue weighted by molar-refractivity contribution is 7.89. The lowest BCUT2D eigenvalue weighted by molar-refractivity contribution is -0.126. The molecule has 5 N–H and O–H groups in total. The Balaban J connectivity index is 0.00000312. The van der Waals surface area contributed by atoms with Gasteiger partial charge in [-0.25, -0.2) is 8.42 Å². The van der Waals surface area contributed by atoms with Crippen LogP contribution in [0.15, 0.2) is 17.2 Å². The molecule has 0 spiro atoms. The van der Waals surface area contributed by atoms with Gasteiger partial charge in [0, 0.05) is 39.4 Å². The maximum atomic E-state index is 12.8. The summed E-state index contributed by atoms with van der Waals surface area (Å²) in [5.74, 6) is -1.29. The maximum absolute atomic E-state index is 12.8. The van der Waals surface area contributed by atoms with E-state index in [4.69, 9.17) is 11.5 Å². The van der Waals surface area contributed by atoms with Crippen LogP contribution in [0.4, 0.5) is 0 Å². The van der Waals surface area contributed by atoms with Gasteiger partial charge in [-0.3, -0.25) is 9.59 Å². The monoisotopic (exact) mass is 393 g/mol. The third-order valence-electron chi connectivity index (χ3n) is 4.07. The summed E-state index contributed by atoms with van der Waals surface area (Å²) in [6.07, 6.45) is 2.58. The summed E-state index contributed by atoms with van der Waals surface area (Å²) >= 11 is 0. The molecule has 1 aliphatic rings. The van der Waals surface area contributed by atoms with Crippen molar-refractivity contribution in [3.63, 3.8) is 0 Å². The Kier molecular flexibility index (Phi) is 7.42. The van der Waals surface area contributed by atoms with E-state index in [0.717, 1.165) is 0 Å². The molecule has 2 rings (SSSR count). The molecule has 0 aliphatic carbocycles. The van der Waals surface area contributed by atoms with Gasteiger partial charge in [-0.1, -0.05) is 0 Å². The summed E-state index contributed by atoms with van der Waals surface area (Å²) in [5.41, 5.74) is 10.7. The van der Waals surface area contributed by atoms with Crippen LogP contribution < -0.4 is 16.8 Å². The first kappa shape index (κ1) is 21.4. The number of halogens is 1. The zero-order valence-corrected chi connectivity index (χ0v) is 15.6. The molecule has 1 aliphatic heterocycles. The van der Waals surface area contributed by atoms with Gasteiger partial charge in [0.15, 0.2) is 0 Å². The predicted molar refractivity (Wildman–Crippen MR) is 94.7 cm³/mol. The number of rotatable bonds is 6. The highest BCUT2D eigenvalue weighted by Gasteiger charge is 2.34. The zero-order valence-electron chi connectivity index (χ0n) is 14.0. The molecule has 0 aromatic carbocycles. The average molecular weight is 394 g/mol. The lowest BCUT2D eigenvalue weighted by Gasteiger charge is -2.30. The Hall–Kier alpha value is -1.62. The smallest absolute Gasteiger partial charge is 0.265 e. The number of nitrogens with two attached hydrogens (primary N) is 2. The first-order valence-electron chi connectivity index (χ1n) is 7.71. The number of sulfonamides is 1. The van der Waals surface area contributed by atoms with Gasteiger partial charge < -0.3 is 21.4 Å². The number of piperidine rings is 1. The molecule has 2 heterocycles. The molecule has 11 heteroatoms. The van der Waals surface area contributed by atoms with E-state index in [1.54, 1.807) is 7.05 Å². The minimum Gasteiger partial charge on any atom is -0.364 e. The van der Waals surface area contributed by atoms with Gasteiger partial charge in [0.25, 0.3) is 5.91 Å². The summed E-state index contributed by atoms with van der Waals surface area (Å²) in [4.78, 5) is 23.4. The van der Waals surface area contributed by atoms with Gasteiger partial charge in [-0.2, -0.15) is 4.31 Å². The molecule has 1 unspecified atom stereocenters. The number of amides is 2. The van der Waals surface area contributed by atoms with Gasteiger partial charge in [-0.15, -0.1) is 12.4 Å². The van der Waals surface area contributed by atoms with Crippen molar-refractivity contribution in [1.82, 2.24) is 14.2 Å². The first-order valence-corrected chi connectivity index (χ1v) is 9.15. The Labute approximate surface area is 153 Å². The molecule has 1 aromatic heterocycles. The van der Waals surface area contributed by atoms with Gasteiger partial charge in [0.05, 0.1) is 5.92 Å². The van der Waals surface area contributed by atoms with Crippen molar-refractivity contribution in [2.45, 2.75) is 17.7 Å². The van der Waals surface area contributed by atoms with Gasteiger partial charge in [0.1, 0.15) is 10.6 Å². The molecule has 1 saturated heterocycles. The SMILES string of the molecule is Cl.Cn1cc(S(=O)(=O)N2CCCC(C(=O)NCCN)C2)cc1C(N)=O. The van der Waals surface area contributed by atoms with Crippen LogP contribution in [0.1, 0.15) is 23.3 Å². The number of nitrogens with zero attached hydrogens (tertiary/aromatic N) is 2. The lowest BCUT2D eigenvalue weighted by atomic mass is 9.99. The van der Waals surface area contributed by atoms with Crippen LogP contribution in [0, 0.1) is 5.92 Å². The van der Waals surface area contributed by atoms with E-state index in [9.17, 15) is 18.0 Å². The highest BCUT2D eigenvalue weighted by Crippen LogP contribution is 2.25. The first-order chi connectivity index (χ1) is 11.3. The zero-order chi connectivity index (χ0) is 17.9. The van der Waals surface area contributed by atoms with Crippen molar-refractivity contribution in [3.8, 4) is 0 Å². The molecule has 0 bridgehead atoms. The fraction of sp³-hybridized carbons (Fsp3) is 0.571. The molecule has 9 nitrogen and oxygen atoms in total. The Morgan fingerprint density at radius 2 is 2.08 bits per heavy atom. The van der Waals surface area contributed by atoms with Crippen molar-refractivity contribution in [2.24, 2.45) is 24.4 Å². The second-order valence-corrected chi connectivity index (χ2v) is 7.76.